The number of aromatic nitrogens is 2. The summed E-state index contributed by atoms with van der Waals surface area (Å²) in [6.45, 7) is 3.38. The minimum absolute atomic E-state index is 0.355. The van der Waals surface area contributed by atoms with E-state index >= 15 is 0 Å². The zero-order chi connectivity index (χ0) is 10.8. The molecule has 0 radical (unpaired) electrons. The van der Waals surface area contributed by atoms with Crippen molar-refractivity contribution in [3.8, 4) is 0 Å². The van der Waals surface area contributed by atoms with Gasteiger partial charge in [0.15, 0.2) is 0 Å². The van der Waals surface area contributed by atoms with E-state index in [0.29, 0.717) is 18.3 Å². The van der Waals surface area contributed by atoms with Crippen LogP contribution >= 0.6 is 0 Å². The van der Waals surface area contributed by atoms with Crippen LogP contribution in [0.15, 0.2) is 12.4 Å². The first-order chi connectivity index (χ1) is 7.15. The summed E-state index contributed by atoms with van der Waals surface area (Å²) in [7, 11) is 0. The smallest absolute Gasteiger partial charge is 0.218 e. The third-order valence-electron chi connectivity index (χ3n) is 2.58. The highest BCUT2D eigenvalue weighted by molar-refractivity contribution is 5.37. The SMILES string of the molecule is C[C@@H]1C[C@H](O)CN(c2cc(F)ncn2)C1. The molecule has 1 aliphatic rings. The number of rotatable bonds is 1. The third-order valence-corrected chi connectivity index (χ3v) is 2.58. The molecule has 1 saturated heterocycles. The van der Waals surface area contributed by atoms with E-state index in [1.165, 1.54) is 12.4 Å². The maximum atomic E-state index is 12.9. The summed E-state index contributed by atoms with van der Waals surface area (Å²) in [5, 5.41) is 9.60. The Labute approximate surface area is 87.8 Å². The van der Waals surface area contributed by atoms with Gasteiger partial charge in [-0.2, -0.15) is 4.39 Å². The molecule has 0 unspecified atom stereocenters. The number of piperidine rings is 1. The van der Waals surface area contributed by atoms with Gasteiger partial charge in [0.05, 0.1) is 6.10 Å². The molecule has 2 rings (SSSR count). The normalized spacial score (nSPS) is 26.7. The minimum atomic E-state index is -0.535. The fraction of sp³-hybridized carbons (Fsp3) is 0.600. The summed E-state index contributed by atoms with van der Waals surface area (Å²) in [6.07, 6.45) is 1.65. The maximum Gasteiger partial charge on any atom is 0.218 e. The molecule has 1 aromatic rings. The maximum absolute atomic E-state index is 12.9. The fourth-order valence-corrected chi connectivity index (χ4v) is 2.00. The quantitative estimate of drug-likeness (QED) is 0.699. The lowest BCUT2D eigenvalue weighted by Gasteiger charge is -2.34. The second kappa shape index (κ2) is 4.10. The van der Waals surface area contributed by atoms with Gasteiger partial charge in [-0.05, 0) is 12.3 Å². The standard InChI is InChI=1S/C10H14FN3O/c1-7-2-8(15)5-14(4-7)10-3-9(11)12-6-13-10/h3,6-8,15H,2,4-5H2,1H3/t7-,8+/m1/s1. The van der Waals surface area contributed by atoms with Crippen molar-refractivity contribution in [2.45, 2.75) is 19.4 Å². The van der Waals surface area contributed by atoms with Crippen LogP contribution in [0.5, 0.6) is 0 Å². The van der Waals surface area contributed by atoms with Crippen LogP contribution in [0.25, 0.3) is 0 Å². The van der Waals surface area contributed by atoms with Crippen LogP contribution in [-0.2, 0) is 0 Å². The number of aliphatic hydroxyl groups excluding tert-OH is 1. The van der Waals surface area contributed by atoms with E-state index in [0.717, 1.165) is 13.0 Å². The van der Waals surface area contributed by atoms with Gasteiger partial charge >= 0.3 is 0 Å². The Balaban J connectivity index is 2.16. The fourth-order valence-electron chi connectivity index (χ4n) is 2.00. The van der Waals surface area contributed by atoms with E-state index in [1.54, 1.807) is 0 Å². The molecule has 1 N–H and O–H groups in total. The molecule has 4 nitrogen and oxygen atoms in total. The molecule has 15 heavy (non-hydrogen) atoms. The average Bonchev–Trinajstić information content (AvgIpc) is 2.16. The summed E-state index contributed by atoms with van der Waals surface area (Å²) in [5.74, 6) is 0.410. The Kier molecular flexibility index (Phi) is 2.81. The zero-order valence-corrected chi connectivity index (χ0v) is 8.60. The average molecular weight is 211 g/mol. The van der Waals surface area contributed by atoms with Gasteiger partial charge in [-0.15, -0.1) is 0 Å². The number of aliphatic hydroxyl groups is 1. The van der Waals surface area contributed by atoms with E-state index in [9.17, 15) is 9.50 Å². The van der Waals surface area contributed by atoms with Crippen LogP contribution in [0, 0.1) is 11.9 Å². The van der Waals surface area contributed by atoms with Crippen LogP contribution in [0.3, 0.4) is 0 Å². The minimum Gasteiger partial charge on any atom is -0.391 e. The molecule has 0 saturated carbocycles. The molecule has 2 atom stereocenters. The van der Waals surface area contributed by atoms with Crippen molar-refractivity contribution in [2.24, 2.45) is 5.92 Å². The van der Waals surface area contributed by atoms with Crippen molar-refractivity contribution in [1.29, 1.82) is 0 Å². The highest BCUT2D eigenvalue weighted by Crippen LogP contribution is 2.21. The number of nitrogens with zero attached hydrogens (tertiary/aromatic N) is 3. The van der Waals surface area contributed by atoms with Gasteiger partial charge in [-0.3, -0.25) is 0 Å². The van der Waals surface area contributed by atoms with Crippen LogP contribution in [0.1, 0.15) is 13.3 Å². The van der Waals surface area contributed by atoms with E-state index < -0.39 is 5.95 Å². The van der Waals surface area contributed by atoms with Gasteiger partial charge in [0.25, 0.3) is 0 Å². The summed E-state index contributed by atoms with van der Waals surface area (Å²) in [6, 6.07) is 1.30. The van der Waals surface area contributed by atoms with Crippen molar-refractivity contribution in [2.75, 3.05) is 18.0 Å². The molecule has 1 fully saturated rings. The van der Waals surface area contributed by atoms with Crippen LogP contribution in [0.4, 0.5) is 10.2 Å². The van der Waals surface area contributed by atoms with Gasteiger partial charge in [-0.1, -0.05) is 6.92 Å². The first-order valence-electron chi connectivity index (χ1n) is 5.05. The molecule has 1 aromatic heterocycles. The second-order valence-corrected chi connectivity index (χ2v) is 4.10. The molecule has 0 aromatic carbocycles. The van der Waals surface area contributed by atoms with Gasteiger partial charge < -0.3 is 10.0 Å². The van der Waals surface area contributed by atoms with Gasteiger partial charge in [-0.25, -0.2) is 9.97 Å². The number of hydrogen-bond acceptors (Lipinski definition) is 4. The summed E-state index contributed by atoms with van der Waals surface area (Å²) >= 11 is 0. The summed E-state index contributed by atoms with van der Waals surface area (Å²) in [4.78, 5) is 9.29. The Bertz CT molecular complexity index is 337. The molecular formula is C10H14FN3O. The van der Waals surface area contributed by atoms with Crippen LogP contribution in [-0.4, -0.2) is 34.3 Å². The molecule has 0 amide bonds. The van der Waals surface area contributed by atoms with Gasteiger partial charge in [0, 0.05) is 19.2 Å². The number of anilines is 1. The van der Waals surface area contributed by atoms with E-state index in [2.05, 4.69) is 16.9 Å². The first-order valence-corrected chi connectivity index (χ1v) is 5.05. The van der Waals surface area contributed by atoms with Gasteiger partial charge in [0.1, 0.15) is 12.1 Å². The largest absolute Gasteiger partial charge is 0.391 e. The van der Waals surface area contributed by atoms with Crippen molar-refractivity contribution in [1.82, 2.24) is 9.97 Å². The highest BCUT2D eigenvalue weighted by atomic mass is 19.1. The molecule has 0 aliphatic carbocycles. The molecule has 5 heteroatoms. The topological polar surface area (TPSA) is 49.2 Å². The number of hydrogen-bond donors (Lipinski definition) is 1. The lowest BCUT2D eigenvalue weighted by molar-refractivity contribution is 0.132. The molecule has 2 heterocycles. The van der Waals surface area contributed by atoms with E-state index in [-0.39, 0.29) is 6.10 Å². The molecule has 0 bridgehead atoms. The summed E-state index contributed by atoms with van der Waals surface area (Å²) < 4.78 is 12.9. The van der Waals surface area contributed by atoms with Crippen molar-refractivity contribution in [3.05, 3.63) is 18.3 Å². The number of β-amino-alcohol motifs (C(OH)–C–C–N with tert-alkyl or cyclic N) is 1. The summed E-state index contributed by atoms with van der Waals surface area (Å²) in [5.41, 5.74) is 0. The van der Waals surface area contributed by atoms with Crippen LogP contribution in [0.2, 0.25) is 0 Å². The van der Waals surface area contributed by atoms with E-state index in [1.807, 2.05) is 4.90 Å². The zero-order valence-electron chi connectivity index (χ0n) is 8.60. The predicted octanol–water partition coefficient (Wildman–Crippen LogP) is 0.823. The highest BCUT2D eigenvalue weighted by Gasteiger charge is 2.24. The Morgan fingerprint density at radius 3 is 2.93 bits per heavy atom. The molecule has 82 valence electrons. The lowest BCUT2D eigenvalue weighted by atomic mass is 9.98. The molecule has 1 aliphatic heterocycles. The van der Waals surface area contributed by atoms with Crippen molar-refractivity contribution in [3.63, 3.8) is 0 Å². The second-order valence-electron chi connectivity index (χ2n) is 4.10. The van der Waals surface area contributed by atoms with Crippen molar-refractivity contribution >= 4 is 5.82 Å². The van der Waals surface area contributed by atoms with Crippen molar-refractivity contribution < 1.29 is 9.50 Å². The Hall–Kier alpha value is -1.23. The predicted molar refractivity (Wildman–Crippen MR) is 54.0 cm³/mol. The molecule has 0 spiro atoms. The molecular weight excluding hydrogens is 197 g/mol. The van der Waals surface area contributed by atoms with Crippen LogP contribution < -0.4 is 4.90 Å². The van der Waals surface area contributed by atoms with Gasteiger partial charge in [0.2, 0.25) is 5.95 Å². The Morgan fingerprint density at radius 1 is 1.47 bits per heavy atom. The third kappa shape index (κ3) is 2.41. The number of halogens is 1. The first kappa shape index (κ1) is 10.3. The monoisotopic (exact) mass is 211 g/mol. The Morgan fingerprint density at radius 2 is 2.27 bits per heavy atom. The lowest BCUT2D eigenvalue weighted by Crippen LogP contribution is -2.42. The van der Waals surface area contributed by atoms with E-state index in [4.69, 9.17) is 0 Å².